The molecule has 4 nitrogen and oxygen atoms in total. The summed E-state index contributed by atoms with van der Waals surface area (Å²) in [7, 11) is -3.06. The lowest BCUT2D eigenvalue weighted by molar-refractivity contribution is 0.146. The summed E-state index contributed by atoms with van der Waals surface area (Å²) in [5.74, 6) is 0. The van der Waals surface area contributed by atoms with Gasteiger partial charge in [0.15, 0.2) is 0 Å². The summed E-state index contributed by atoms with van der Waals surface area (Å²) in [6.45, 7) is 4.75. The largest absolute Gasteiger partial charge is 0.294 e. The zero-order valence-corrected chi connectivity index (χ0v) is 12.8. The van der Waals surface area contributed by atoms with Crippen molar-refractivity contribution >= 4 is 21.6 Å². The van der Waals surface area contributed by atoms with E-state index in [9.17, 15) is 8.42 Å². The molecule has 0 aromatic heterocycles. The summed E-state index contributed by atoms with van der Waals surface area (Å²) in [6.07, 6.45) is 1.27. The SMILES string of the molecule is C[C@H](c1cccc(Cl)c1)N1CCN(S(C)(=O)=O)CC1. The van der Waals surface area contributed by atoms with Gasteiger partial charge in [0.25, 0.3) is 0 Å². The second-order valence-corrected chi connectivity index (χ2v) is 7.35. The molecule has 0 radical (unpaired) electrons. The summed E-state index contributed by atoms with van der Waals surface area (Å²) in [6, 6.07) is 8.08. The van der Waals surface area contributed by atoms with Crippen LogP contribution in [0.2, 0.25) is 5.02 Å². The van der Waals surface area contributed by atoms with Gasteiger partial charge in [-0.05, 0) is 24.6 Å². The number of rotatable bonds is 3. The van der Waals surface area contributed by atoms with Crippen molar-refractivity contribution in [2.45, 2.75) is 13.0 Å². The second-order valence-electron chi connectivity index (χ2n) is 4.93. The van der Waals surface area contributed by atoms with E-state index in [2.05, 4.69) is 17.9 Å². The third-order valence-corrected chi connectivity index (χ3v) is 5.16. The molecule has 1 heterocycles. The Morgan fingerprint density at radius 2 is 1.84 bits per heavy atom. The number of halogens is 1. The average Bonchev–Trinajstić information content (AvgIpc) is 2.37. The Kier molecular flexibility index (Phi) is 4.50. The summed E-state index contributed by atoms with van der Waals surface area (Å²) >= 11 is 6.00. The standard InChI is InChI=1S/C13H19ClN2O2S/c1-11(12-4-3-5-13(14)10-12)15-6-8-16(9-7-15)19(2,17)18/h3-5,10-11H,6-9H2,1-2H3/t11-/m1/s1. The zero-order valence-electron chi connectivity index (χ0n) is 11.2. The van der Waals surface area contributed by atoms with E-state index in [-0.39, 0.29) is 6.04 Å². The van der Waals surface area contributed by atoms with E-state index in [1.54, 1.807) is 0 Å². The van der Waals surface area contributed by atoms with Crippen LogP contribution in [0.15, 0.2) is 24.3 Å². The topological polar surface area (TPSA) is 40.6 Å². The Balaban J connectivity index is 2.02. The lowest BCUT2D eigenvalue weighted by Crippen LogP contribution is -2.48. The molecule has 1 saturated heterocycles. The molecule has 106 valence electrons. The lowest BCUT2D eigenvalue weighted by Gasteiger charge is -2.37. The number of nitrogens with zero attached hydrogens (tertiary/aromatic N) is 2. The fraction of sp³-hybridized carbons (Fsp3) is 0.538. The maximum atomic E-state index is 11.5. The van der Waals surface area contributed by atoms with Crippen LogP contribution in [0.5, 0.6) is 0 Å². The molecule has 0 spiro atoms. The minimum atomic E-state index is -3.06. The van der Waals surface area contributed by atoms with Gasteiger partial charge in [-0.1, -0.05) is 23.7 Å². The Morgan fingerprint density at radius 1 is 1.21 bits per heavy atom. The van der Waals surface area contributed by atoms with E-state index in [1.165, 1.54) is 16.1 Å². The van der Waals surface area contributed by atoms with Gasteiger partial charge in [0.2, 0.25) is 10.0 Å². The van der Waals surface area contributed by atoms with E-state index in [4.69, 9.17) is 11.6 Å². The smallest absolute Gasteiger partial charge is 0.211 e. The highest BCUT2D eigenvalue weighted by Crippen LogP contribution is 2.24. The molecule has 1 aliphatic rings. The molecule has 0 N–H and O–H groups in total. The predicted octanol–water partition coefficient (Wildman–Crippen LogP) is 1.98. The normalized spacial score (nSPS) is 20.4. The van der Waals surface area contributed by atoms with Gasteiger partial charge in [0.05, 0.1) is 6.26 Å². The monoisotopic (exact) mass is 302 g/mol. The molecular formula is C13H19ClN2O2S. The Morgan fingerprint density at radius 3 is 2.37 bits per heavy atom. The Hall–Kier alpha value is -0.620. The van der Waals surface area contributed by atoms with Gasteiger partial charge in [-0.25, -0.2) is 8.42 Å². The van der Waals surface area contributed by atoms with E-state index in [0.717, 1.165) is 18.1 Å². The van der Waals surface area contributed by atoms with Crippen LogP contribution in [0.25, 0.3) is 0 Å². The van der Waals surface area contributed by atoms with Gasteiger partial charge in [0.1, 0.15) is 0 Å². The van der Waals surface area contributed by atoms with Crippen LogP contribution in [0, 0.1) is 0 Å². The first-order valence-corrected chi connectivity index (χ1v) is 8.55. The number of piperazine rings is 1. The van der Waals surface area contributed by atoms with Crippen LogP contribution >= 0.6 is 11.6 Å². The minimum Gasteiger partial charge on any atom is -0.294 e. The van der Waals surface area contributed by atoms with Crippen LogP contribution in [0.1, 0.15) is 18.5 Å². The van der Waals surface area contributed by atoms with Crippen molar-refractivity contribution in [2.75, 3.05) is 32.4 Å². The molecule has 6 heteroatoms. The fourth-order valence-corrected chi connectivity index (χ4v) is 3.43. The minimum absolute atomic E-state index is 0.250. The predicted molar refractivity (Wildman–Crippen MR) is 77.9 cm³/mol. The summed E-state index contributed by atoms with van der Waals surface area (Å²) in [5, 5.41) is 0.735. The van der Waals surface area contributed by atoms with Crippen molar-refractivity contribution in [1.82, 2.24) is 9.21 Å². The molecule has 1 aliphatic heterocycles. The maximum absolute atomic E-state index is 11.5. The molecule has 19 heavy (non-hydrogen) atoms. The van der Waals surface area contributed by atoms with Crippen LogP contribution in [-0.2, 0) is 10.0 Å². The molecule has 2 rings (SSSR count). The lowest BCUT2D eigenvalue weighted by atomic mass is 10.1. The molecular weight excluding hydrogens is 284 g/mol. The van der Waals surface area contributed by atoms with Gasteiger partial charge in [-0.3, -0.25) is 4.90 Å². The molecule has 1 aromatic carbocycles. The van der Waals surface area contributed by atoms with Crippen molar-refractivity contribution < 1.29 is 8.42 Å². The molecule has 0 saturated carbocycles. The Bertz CT molecular complexity index is 539. The van der Waals surface area contributed by atoms with E-state index in [1.807, 2.05) is 18.2 Å². The van der Waals surface area contributed by atoms with Crippen molar-refractivity contribution in [2.24, 2.45) is 0 Å². The first-order valence-electron chi connectivity index (χ1n) is 6.32. The van der Waals surface area contributed by atoms with E-state index < -0.39 is 10.0 Å². The van der Waals surface area contributed by atoms with E-state index in [0.29, 0.717) is 13.1 Å². The van der Waals surface area contributed by atoms with Gasteiger partial charge < -0.3 is 0 Å². The molecule has 1 atom stereocenters. The molecule has 1 aromatic rings. The van der Waals surface area contributed by atoms with Crippen molar-refractivity contribution in [3.63, 3.8) is 0 Å². The third-order valence-electron chi connectivity index (χ3n) is 3.62. The highest BCUT2D eigenvalue weighted by atomic mass is 35.5. The van der Waals surface area contributed by atoms with Crippen LogP contribution in [0.4, 0.5) is 0 Å². The first kappa shape index (κ1) is 14.8. The summed E-state index contributed by atoms with van der Waals surface area (Å²) in [4.78, 5) is 2.29. The van der Waals surface area contributed by atoms with E-state index >= 15 is 0 Å². The third kappa shape index (κ3) is 3.69. The highest BCUT2D eigenvalue weighted by molar-refractivity contribution is 7.88. The number of hydrogen-bond donors (Lipinski definition) is 0. The first-order chi connectivity index (χ1) is 8.88. The quantitative estimate of drug-likeness (QED) is 0.857. The number of sulfonamides is 1. The van der Waals surface area contributed by atoms with Crippen LogP contribution in [-0.4, -0.2) is 50.1 Å². The molecule has 0 bridgehead atoms. The van der Waals surface area contributed by atoms with Gasteiger partial charge in [0, 0.05) is 37.2 Å². The molecule has 0 aliphatic carbocycles. The fourth-order valence-electron chi connectivity index (χ4n) is 2.40. The summed E-state index contributed by atoms with van der Waals surface area (Å²) < 4.78 is 24.5. The maximum Gasteiger partial charge on any atom is 0.211 e. The van der Waals surface area contributed by atoms with Gasteiger partial charge in [-0.15, -0.1) is 0 Å². The molecule has 1 fully saturated rings. The van der Waals surface area contributed by atoms with Crippen LogP contribution < -0.4 is 0 Å². The molecule has 0 amide bonds. The Labute approximate surface area is 120 Å². The zero-order chi connectivity index (χ0) is 14.0. The van der Waals surface area contributed by atoms with Crippen molar-refractivity contribution in [3.8, 4) is 0 Å². The number of benzene rings is 1. The van der Waals surface area contributed by atoms with Crippen LogP contribution in [0.3, 0.4) is 0 Å². The van der Waals surface area contributed by atoms with Crippen molar-refractivity contribution in [3.05, 3.63) is 34.9 Å². The average molecular weight is 303 g/mol. The van der Waals surface area contributed by atoms with Gasteiger partial charge >= 0.3 is 0 Å². The highest BCUT2D eigenvalue weighted by Gasteiger charge is 2.26. The molecule has 0 unspecified atom stereocenters. The second kappa shape index (κ2) is 5.79. The number of hydrogen-bond acceptors (Lipinski definition) is 3. The summed E-state index contributed by atoms with van der Waals surface area (Å²) in [5.41, 5.74) is 1.17. The van der Waals surface area contributed by atoms with Gasteiger partial charge in [-0.2, -0.15) is 4.31 Å². The van der Waals surface area contributed by atoms with Crippen molar-refractivity contribution in [1.29, 1.82) is 0 Å².